The van der Waals surface area contributed by atoms with E-state index in [1.54, 1.807) is 7.11 Å². The Kier molecular flexibility index (Phi) is 12.7. The summed E-state index contributed by atoms with van der Waals surface area (Å²) < 4.78 is 5.25. The van der Waals surface area contributed by atoms with Gasteiger partial charge >= 0.3 is 0 Å². The fraction of sp³-hybridized carbons (Fsp3) is 0.696. The number of hydrogen-bond donors (Lipinski definition) is 2. The van der Waals surface area contributed by atoms with Crippen molar-refractivity contribution in [1.29, 1.82) is 0 Å². The van der Waals surface area contributed by atoms with Crippen molar-refractivity contribution in [3.05, 3.63) is 29.8 Å². The molecule has 0 aliphatic carbocycles. The van der Waals surface area contributed by atoms with Crippen molar-refractivity contribution in [2.75, 3.05) is 60.5 Å². The summed E-state index contributed by atoms with van der Waals surface area (Å²) in [5.74, 6) is 2.90. The summed E-state index contributed by atoms with van der Waals surface area (Å²) >= 11 is 0. The Balaban J connectivity index is 0.00000450. The van der Waals surface area contributed by atoms with Crippen LogP contribution in [-0.2, 0) is 0 Å². The lowest BCUT2D eigenvalue weighted by Crippen LogP contribution is -2.55. The number of rotatable bonds is 9. The van der Waals surface area contributed by atoms with Gasteiger partial charge in [-0.05, 0) is 43.0 Å². The van der Waals surface area contributed by atoms with Crippen molar-refractivity contribution in [2.24, 2.45) is 10.9 Å². The molecule has 2 N–H and O–H groups in total. The first kappa shape index (κ1) is 27.0. The number of likely N-dealkylation sites (N-methyl/N-ethyl adjacent to an activating group) is 1. The second-order valence-corrected chi connectivity index (χ2v) is 8.49. The lowest BCUT2D eigenvalue weighted by molar-refractivity contribution is 0.0900. The summed E-state index contributed by atoms with van der Waals surface area (Å²) in [6.07, 6.45) is 1.05. The fourth-order valence-electron chi connectivity index (χ4n) is 3.87. The van der Waals surface area contributed by atoms with Crippen molar-refractivity contribution >= 4 is 29.9 Å². The molecule has 0 amide bonds. The Morgan fingerprint density at radius 1 is 1.07 bits per heavy atom. The van der Waals surface area contributed by atoms with Crippen LogP contribution < -0.4 is 15.4 Å². The molecule has 1 aliphatic heterocycles. The summed E-state index contributed by atoms with van der Waals surface area (Å²) in [5.41, 5.74) is 1.34. The number of nitrogens with zero attached hydrogens (tertiary/aromatic N) is 3. The summed E-state index contributed by atoms with van der Waals surface area (Å²) in [4.78, 5) is 9.45. The average molecular weight is 532 g/mol. The average Bonchev–Trinajstić information content (AvgIpc) is 2.73. The SMILES string of the molecule is CN=C(NCCC(C)c1ccc(OC)cc1)NCC(C(C)C)N1CCN(C)CC1.I. The number of nitrogens with one attached hydrogen (secondary N) is 2. The summed E-state index contributed by atoms with van der Waals surface area (Å²) in [5, 5.41) is 7.04. The molecule has 1 aromatic carbocycles. The van der Waals surface area contributed by atoms with Crippen LogP contribution >= 0.6 is 24.0 Å². The minimum atomic E-state index is 0. The van der Waals surface area contributed by atoms with Crippen LogP contribution in [-0.4, -0.2) is 82.3 Å². The van der Waals surface area contributed by atoms with Crippen molar-refractivity contribution in [3.8, 4) is 5.75 Å². The van der Waals surface area contributed by atoms with E-state index in [-0.39, 0.29) is 24.0 Å². The van der Waals surface area contributed by atoms with Crippen LogP contribution in [0, 0.1) is 5.92 Å². The number of halogens is 1. The van der Waals surface area contributed by atoms with E-state index in [0.717, 1.165) is 57.4 Å². The van der Waals surface area contributed by atoms with E-state index in [0.29, 0.717) is 17.9 Å². The number of methoxy groups -OCH3 is 1. The monoisotopic (exact) mass is 531 g/mol. The lowest BCUT2D eigenvalue weighted by Gasteiger charge is -2.40. The molecule has 7 heteroatoms. The maximum atomic E-state index is 5.25. The third kappa shape index (κ3) is 8.59. The van der Waals surface area contributed by atoms with Gasteiger partial charge in [-0.3, -0.25) is 9.89 Å². The van der Waals surface area contributed by atoms with Gasteiger partial charge < -0.3 is 20.3 Å². The molecule has 1 heterocycles. The molecule has 1 fully saturated rings. The highest BCUT2D eigenvalue weighted by atomic mass is 127. The zero-order chi connectivity index (χ0) is 21.2. The van der Waals surface area contributed by atoms with Gasteiger partial charge in [0.1, 0.15) is 5.75 Å². The van der Waals surface area contributed by atoms with E-state index in [9.17, 15) is 0 Å². The van der Waals surface area contributed by atoms with Crippen LogP contribution in [0.1, 0.15) is 38.7 Å². The molecule has 6 nitrogen and oxygen atoms in total. The first-order chi connectivity index (χ1) is 13.9. The minimum absolute atomic E-state index is 0. The normalized spacial score (nSPS) is 17.9. The second-order valence-electron chi connectivity index (χ2n) is 8.49. The molecule has 0 radical (unpaired) electrons. The topological polar surface area (TPSA) is 52.1 Å². The van der Waals surface area contributed by atoms with Crippen LogP contribution in [0.3, 0.4) is 0 Å². The number of guanidine groups is 1. The number of aliphatic imine (C=N–C) groups is 1. The van der Waals surface area contributed by atoms with E-state index in [1.165, 1.54) is 5.56 Å². The minimum Gasteiger partial charge on any atom is -0.497 e. The molecule has 0 saturated carbocycles. The highest BCUT2D eigenvalue weighted by Crippen LogP contribution is 2.21. The third-order valence-corrected chi connectivity index (χ3v) is 6.03. The standard InChI is InChI=1S/C23H41N5O.HI/c1-18(2)22(28-15-13-27(5)14-16-28)17-26-23(24-4)25-12-11-19(3)20-7-9-21(29-6)10-8-20;/h7-10,18-19,22H,11-17H2,1-6H3,(H2,24,25,26);1H. The molecule has 1 aromatic rings. The summed E-state index contributed by atoms with van der Waals surface area (Å²) in [6, 6.07) is 8.90. The molecule has 0 spiro atoms. The van der Waals surface area contributed by atoms with Crippen LogP contribution in [0.25, 0.3) is 0 Å². The van der Waals surface area contributed by atoms with Crippen molar-refractivity contribution < 1.29 is 4.74 Å². The van der Waals surface area contributed by atoms with E-state index in [2.05, 4.69) is 65.4 Å². The van der Waals surface area contributed by atoms with Crippen LogP contribution in [0.15, 0.2) is 29.3 Å². The fourth-order valence-corrected chi connectivity index (χ4v) is 3.87. The highest BCUT2D eigenvalue weighted by molar-refractivity contribution is 14.0. The lowest BCUT2D eigenvalue weighted by atomic mass is 9.98. The van der Waals surface area contributed by atoms with Gasteiger partial charge in [0.15, 0.2) is 5.96 Å². The maximum Gasteiger partial charge on any atom is 0.191 e. The molecule has 1 saturated heterocycles. The molecule has 0 aromatic heterocycles. The Bertz CT molecular complexity index is 615. The van der Waals surface area contributed by atoms with Gasteiger partial charge in [0, 0.05) is 52.4 Å². The third-order valence-electron chi connectivity index (χ3n) is 6.03. The Hall–Kier alpha value is -1.06. The Labute approximate surface area is 200 Å². The van der Waals surface area contributed by atoms with Crippen molar-refractivity contribution in [2.45, 2.75) is 39.2 Å². The number of piperazine rings is 1. The largest absolute Gasteiger partial charge is 0.497 e. The number of ether oxygens (including phenoxy) is 1. The summed E-state index contributed by atoms with van der Waals surface area (Å²) in [7, 11) is 5.76. The first-order valence-corrected chi connectivity index (χ1v) is 11.0. The molecule has 1 aliphatic rings. The second kappa shape index (κ2) is 14.1. The van der Waals surface area contributed by atoms with Crippen molar-refractivity contribution in [1.82, 2.24) is 20.4 Å². The van der Waals surface area contributed by atoms with Gasteiger partial charge in [0.25, 0.3) is 0 Å². The molecule has 2 atom stereocenters. The van der Waals surface area contributed by atoms with E-state index >= 15 is 0 Å². The van der Waals surface area contributed by atoms with Gasteiger partial charge in [-0.1, -0.05) is 32.9 Å². The van der Waals surface area contributed by atoms with Gasteiger partial charge in [-0.15, -0.1) is 24.0 Å². The number of hydrogen-bond acceptors (Lipinski definition) is 4. The molecule has 30 heavy (non-hydrogen) atoms. The van der Waals surface area contributed by atoms with Crippen molar-refractivity contribution in [3.63, 3.8) is 0 Å². The van der Waals surface area contributed by atoms with Crippen LogP contribution in [0.5, 0.6) is 5.75 Å². The van der Waals surface area contributed by atoms with E-state index < -0.39 is 0 Å². The molecular formula is C23H42IN5O. The van der Waals surface area contributed by atoms with Crippen LogP contribution in [0.2, 0.25) is 0 Å². The molecule has 2 unspecified atom stereocenters. The van der Waals surface area contributed by atoms with Gasteiger partial charge in [-0.25, -0.2) is 0 Å². The molecular weight excluding hydrogens is 489 g/mol. The van der Waals surface area contributed by atoms with E-state index in [1.807, 2.05) is 19.2 Å². The molecule has 2 rings (SSSR count). The molecule has 0 bridgehead atoms. The summed E-state index contributed by atoms with van der Waals surface area (Å²) in [6.45, 7) is 13.3. The maximum absolute atomic E-state index is 5.25. The predicted octanol–water partition coefficient (Wildman–Crippen LogP) is 3.24. The smallest absolute Gasteiger partial charge is 0.191 e. The van der Waals surface area contributed by atoms with Gasteiger partial charge in [0.2, 0.25) is 0 Å². The molecule has 172 valence electrons. The predicted molar refractivity (Wildman–Crippen MR) is 139 cm³/mol. The van der Waals surface area contributed by atoms with Gasteiger partial charge in [0.05, 0.1) is 7.11 Å². The number of benzene rings is 1. The Morgan fingerprint density at radius 3 is 2.23 bits per heavy atom. The highest BCUT2D eigenvalue weighted by Gasteiger charge is 2.25. The quantitative estimate of drug-likeness (QED) is 0.291. The zero-order valence-corrected chi connectivity index (χ0v) is 22.0. The zero-order valence-electron chi connectivity index (χ0n) is 19.6. The Morgan fingerprint density at radius 2 is 1.70 bits per heavy atom. The van der Waals surface area contributed by atoms with Gasteiger partial charge in [-0.2, -0.15) is 0 Å². The van der Waals surface area contributed by atoms with Crippen LogP contribution in [0.4, 0.5) is 0 Å². The van der Waals surface area contributed by atoms with E-state index in [4.69, 9.17) is 4.74 Å². The first-order valence-electron chi connectivity index (χ1n) is 11.0.